The number of fused-ring (bicyclic) bond motifs is 2. The third kappa shape index (κ3) is 3.56. The van der Waals surface area contributed by atoms with E-state index >= 15 is 0 Å². The minimum absolute atomic E-state index is 0.197. The molecule has 4 rings (SSSR count). The lowest BCUT2D eigenvalue weighted by atomic mass is 9.89. The van der Waals surface area contributed by atoms with Gasteiger partial charge in [-0.3, -0.25) is 0 Å². The maximum absolute atomic E-state index is 12.9. The van der Waals surface area contributed by atoms with Crippen LogP contribution in [-0.2, 0) is 14.2 Å². The number of hydrogen-bond donors (Lipinski definition) is 0. The summed E-state index contributed by atoms with van der Waals surface area (Å²) >= 11 is 0. The highest BCUT2D eigenvalue weighted by Gasteiger charge is 2.21. The summed E-state index contributed by atoms with van der Waals surface area (Å²) in [5.41, 5.74) is 2.05. The van der Waals surface area contributed by atoms with E-state index in [2.05, 4.69) is 0 Å². The van der Waals surface area contributed by atoms with Crippen molar-refractivity contribution in [1.29, 1.82) is 0 Å². The van der Waals surface area contributed by atoms with Crippen molar-refractivity contribution >= 4 is 39.5 Å². The second-order valence-electron chi connectivity index (χ2n) is 7.15. The highest BCUT2D eigenvalue weighted by atomic mass is 16.5. The standard InChI is InChI=1S/C26H20O6/c1-30-24(27)18-12-17(13-19(14-18)25(28)31-2)21-10-6-8-16-11-15-7-4-5-9-20(15)23(22(16)21)26(29)32-3/h4-14H,1-3H3. The van der Waals surface area contributed by atoms with Gasteiger partial charge in [0.15, 0.2) is 0 Å². The second kappa shape index (κ2) is 8.51. The van der Waals surface area contributed by atoms with Crippen molar-refractivity contribution in [2.75, 3.05) is 21.3 Å². The van der Waals surface area contributed by atoms with E-state index in [1.807, 2.05) is 48.5 Å². The van der Waals surface area contributed by atoms with Crippen LogP contribution in [0.25, 0.3) is 32.7 Å². The molecule has 0 aliphatic carbocycles. The Labute approximate surface area is 184 Å². The first-order valence-electron chi connectivity index (χ1n) is 9.83. The van der Waals surface area contributed by atoms with Crippen LogP contribution in [0.2, 0.25) is 0 Å². The van der Waals surface area contributed by atoms with Gasteiger partial charge in [-0.2, -0.15) is 0 Å². The highest BCUT2D eigenvalue weighted by molar-refractivity contribution is 6.20. The summed E-state index contributed by atoms with van der Waals surface area (Å²) in [5.74, 6) is -1.65. The normalized spacial score (nSPS) is 10.7. The van der Waals surface area contributed by atoms with Gasteiger partial charge in [-0.05, 0) is 51.6 Å². The summed E-state index contributed by atoms with van der Waals surface area (Å²) in [5, 5.41) is 3.13. The number of carbonyl (C=O) groups excluding carboxylic acids is 3. The van der Waals surface area contributed by atoms with Crippen molar-refractivity contribution in [3.05, 3.63) is 83.4 Å². The van der Waals surface area contributed by atoms with Gasteiger partial charge in [-0.25, -0.2) is 14.4 Å². The van der Waals surface area contributed by atoms with Gasteiger partial charge in [0.25, 0.3) is 0 Å². The quantitative estimate of drug-likeness (QED) is 0.258. The predicted molar refractivity (Wildman–Crippen MR) is 121 cm³/mol. The Bertz CT molecular complexity index is 1350. The van der Waals surface area contributed by atoms with Gasteiger partial charge >= 0.3 is 17.9 Å². The molecule has 0 unspecified atom stereocenters. The Morgan fingerprint density at radius 1 is 0.625 bits per heavy atom. The summed E-state index contributed by atoms with van der Waals surface area (Å²) in [6, 6.07) is 19.8. The molecule has 4 aromatic rings. The monoisotopic (exact) mass is 428 g/mol. The number of benzene rings is 4. The van der Waals surface area contributed by atoms with Crippen molar-refractivity contribution < 1.29 is 28.6 Å². The first-order chi connectivity index (χ1) is 15.5. The maximum Gasteiger partial charge on any atom is 0.339 e. The van der Waals surface area contributed by atoms with Gasteiger partial charge in [-0.1, -0.05) is 42.5 Å². The molecule has 0 aliphatic rings. The van der Waals surface area contributed by atoms with Crippen LogP contribution in [0.15, 0.2) is 66.7 Å². The fourth-order valence-electron chi connectivity index (χ4n) is 3.93. The Morgan fingerprint density at radius 2 is 1.22 bits per heavy atom. The smallest absolute Gasteiger partial charge is 0.339 e. The van der Waals surface area contributed by atoms with E-state index in [1.54, 1.807) is 12.1 Å². The molecule has 0 saturated carbocycles. The van der Waals surface area contributed by atoms with Gasteiger partial charge in [-0.15, -0.1) is 0 Å². The number of esters is 3. The SMILES string of the molecule is COC(=O)c1cc(C(=O)OC)cc(-c2cccc3cc4ccccc4c(C(=O)OC)c23)c1. The van der Waals surface area contributed by atoms with Crippen LogP contribution in [0.4, 0.5) is 0 Å². The molecule has 0 amide bonds. The minimum atomic E-state index is -0.587. The molecule has 0 radical (unpaired) electrons. The number of rotatable bonds is 4. The summed E-state index contributed by atoms with van der Waals surface area (Å²) in [7, 11) is 3.88. The number of methoxy groups -OCH3 is 3. The van der Waals surface area contributed by atoms with E-state index in [4.69, 9.17) is 14.2 Å². The Morgan fingerprint density at radius 3 is 1.84 bits per heavy atom. The van der Waals surface area contributed by atoms with Crippen LogP contribution in [0.1, 0.15) is 31.1 Å². The maximum atomic E-state index is 12.9. The first kappa shape index (κ1) is 21.1. The van der Waals surface area contributed by atoms with Crippen molar-refractivity contribution in [2.45, 2.75) is 0 Å². The van der Waals surface area contributed by atoms with E-state index in [0.717, 1.165) is 16.2 Å². The largest absolute Gasteiger partial charge is 0.465 e. The van der Waals surface area contributed by atoms with E-state index in [9.17, 15) is 14.4 Å². The van der Waals surface area contributed by atoms with Crippen LogP contribution in [-0.4, -0.2) is 39.2 Å². The zero-order valence-electron chi connectivity index (χ0n) is 17.8. The summed E-state index contributed by atoms with van der Waals surface area (Å²) < 4.78 is 14.8. The molecule has 4 aromatic carbocycles. The first-order valence-corrected chi connectivity index (χ1v) is 9.83. The molecule has 0 saturated heterocycles. The molecule has 0 spiro atoms. The summed E-state index contributed by atoms with van der Waals surface area (Å²) in [6.07, 6.45) is 0. The lowest BCUT2D eigenvalue weighted by Gasteiger charge is -2.15. The number of carbonyl (C=O) groups is 3. The molecule has 0 N–H and O–H groups in total. The van der Waals surface area contributed by atoms with Crippen LogP contribution in [0.5, 0.6) is 0 Å². The zero-order valence-corrected chi connectivity index (χ0v) is 17.8. The number of ether oxygens (including phenoxy) is 3. The molecule has 0 atom stereocenters. The topological polar surface area (TPSA) is 78.9 Å². The molecule has 160 valence electrons. The Balaban J connectivity index is 2.12. The fourth-order valence-corrected chi connectivity index (χ4v) is 3.93. The third-order valence-corrected chi connectivity index (χ3v) is 5.36. The van der Waals surface area contributed by atoms with Gasteiger partial charge in [0.05, 0.1) is 38.0 Å². The second-order valence-corrected chi connectivity index (χ2v) is 7.15. The third-order valence-electron chi connectivity index (χ3n) is 5.36. The van der Waals surface area contributed by atoms with E-state index in [1.165, 1.54) is 27.4 Å². The molecular formula is C26H20O6. The fraction of sp³-hybridized carbons (Fsp3) is 0.115. The van der Waals surface area contributed by atoms with E-state index in [-0.39, 0.29) is 11.1 Å². The molecular weight excluding hydrogens is 408 g/mol. The molecule has 6 nitrogen and oxygen atoms in total. The Hall–Kier alpha value is -4.19. The summed E-state index contributed by atoms with van der Waals surface area (Å²) in [4.78, 5) is 37.4. The van der Waals surface area contributed by atoms with Gasteiger partial charge < -0.3 is 14.2 Å². The predicted octanol–water partition coefficient (Wildman–Crippen LogP) is 5.02. The molecule has 32 heavy (non-hydrogen) atoms. The molecule has 0 bridgehead atoms. The average molecular weight is 428 g/mol. The van der Waals surface area contributed by atoms with Crippen LogP contribution in [0.3, 0.4) is 0 Å². The van der Waals surface area contributed by atoms with Crippen molar-refractivity contribution in [3.8, 4) is 11.1 Å². The van der Waals surface area contributed by atoms with Crippen LogP contribution >= 0.6 is 0 Å². The molecule has 0 fully saturated rings. The van der Waals surface area contributed by atoms with Crippen LogP contribution in [0, 0.1) is 0 Å². The zero-order chi connectivity index (χ0) is 22.8. The van der Waals surface area contributed by atoms with Crippen molar-refractivity contribution in [2.24, 2.45) is 0 Å². The van der Waals surface area contributed by atoms with Crippen molar-refractivity contribution in [1.82, 2.24) is 0 Å². The van der Waals surface area contributed by atoms with E-state index in [0.29, 0.717) is 22.1 Å². The van der Waals surface area contributed by atoms with Crippen molar-refractivity contribution in [3.63, 3.8) is 0 Å². The van der Waals surface area contributed by atoms with Gasteiger partial charge in [0, 0.05) is 5.39 Å². The highest BCUT2D eigenvalue weighted by Crippen LogP contribution is 2.37. The molecule has 0 heterocycles. The minimum Gasteiger partial charge on any atom is -0.465 e. The Kier molecular flexibility index (Phi) is 5.60. The average Bonchev–Trinajstić information content (AvgIpc) is 2.84. The lowest BCUT2D eigenvalue weighted by Crippen LogP contribution is -2.08. The molecule has 0 aliphatic heterocycles. The summed E-state index contributed by atoms with van der Waals surface area (Å²) in [6.45, 7) is 0. The van der Waals surface area contributed by atoms with Gasteiger partial charge in [0.1, 0.15) is 0 Å². The van der Waals surface area contributed by atoms with Gasteiger partial charge in [0.2, 0.25) is 0 Å². The molecule has 6 heteroatoms. The number of hydrogen-bond acceptors (Lipinski definition) is 6. The molecule has 0 aromatic heterocycles. The van der Waals surface area contributed by atoms with E-state index < -0.39 is 17.9 Å². The van der Waals surface area contributed by atoms with Crippen LogP contribution < -0.4 is 0 Å². The lowest BCUT2D eigenvalue weighted by molar-refractivity contribution is 0.0589.